The molecule has 2 aromatic carbocycles. The summed E-state index contributed by atoms with van der Waals surface area (Å²) in [7, 11) is -4.27. The summed E-state index contributed by atoms with van der Waals surface area (Å²) in [5, 5.41) is 2.66. The van der Waals surface area contributed by atoms with Crippen molar-refractivity contribution in [2.75, 3.05) is 23.7 Å². The zero-order valence-corrected chi connectivity index (χ0v) is 22.1. The Morgan fingerprint density at radius 2 is 1.69 bits per heavy atom. The van der Waals surface area contributed by atoms with Crippen molar-refractivity contribution in [3.05, 3.63) is 63.6 Å². The van der Waals surface area contributed by atoms with Crippen molar-refractivity contribution in [2.24, 2.45) is 0 Å². The maximum absolute atomic E-state index is 13.5. The highest BCUT2D eigenvalue weighted by Crippen LogP contribution is 2.36. The average molecular weight is 568 g/mol. The van der Waals surface area contributed by atoms with Crippen LogP contribution in [0, 0.1) is 0 Å². The fraction of sp³-hybridized carbons (Fsp3) is 0.391. The van der Waals surface area contributed by atoms with Gasteiger partial charge in [0.15, 0.2) is 0 Å². The molecule has 36 heavy (non-hydrogen) atoms. The van der Waals surface area contributed by atoms with Gasteiger partial charge in [0.1, 0.15) is 12.6 Å². The Bertz CT molecular complexity index is 1210. The highest BCUT2D eigenvalue weighted by atomic mass is 35.5. The third-order valence-corrected chi connectivity index (χ3v) is 7.07. The van der Waals surface area contributed by atoms with Gasteiger partial charge in [0.2, 0.25) is 21.8 Å². The Kier molecular flexibility index (Phi) is 10.0. The van der Waals surface area contributed by atoms with Crippen molar-refractivity contribution in [1.82, 2.24) is 10.2 Å². The van der Waals surface area contributed by atoms with E-state index in [1.165, 1.54) is 0 Å². The highest BCUT2D eigenvalue weighted by Gasteiger charge is 2.35. The molecule has 0 aliphatic carbocycles. The van der Waals surface area contributed by atoms with Crippen molar-refractivity contribution in [3.63, 3.8) is 0 Å². The summed E-state index contributed by atoms with van der Waals surface area (Å²) >= 11 is 12.3. The van der Waals surface area contributed by atoms with Crippen LogP contribution in [-0.2, 0) is 32.3 Å². The smallest absolute Gasteiger partial charge is 0.355 e. The number of nitrogens with one attached hydrogen (secondary N) is 1. The Morgan fingerprint density at radius 3 is 2.22 bits per heavy atom. The molecule has 2 aromatic rings. The molecule has 0 aromatic heterocycles. The SMILES string of the molecule is CCNC(=O)[C@H](CC)N(Cc1ccccc1Cl)C(=O)CN(c1cc(C(F)(F)F)ccc1Cl)S(C)(=O)=O. The van der Waals surface area contributed by atoms with Crippen LogP contribution in [0.1, 0.15) is 31.4 Å². The summed E-state index contributed by atoms with van der Waals surface area (Å²) in [6.45, 7) is 2.64. The van der Waals surface area contributed by atoms with E-state index in [0.29, 0.717) is 33.6 Å². The van der Waals surface area contributed by atoms with Gasteiger partial charge in [0.05, 0.1) is 22.5 Å². The lowest BCUT2D eigenvalue weighted by atomic mass is 10.1. The van der Waals surface area contributed by atoms with E-state index in [1.54, 1.807) is 38.1 Å². The number of sulfonamides is 1. The predicted octanol–water partition coefficient (Wildman–Crippen LogP) is 4.72. The van der Waals surface area contributed by atoms with E-state index < -0.39 is 51.9 Å². The molecule has 0 spiro atoms. The maximum atomic E-state index is 13.5. The Labute approximate surface area is 218 Å². The summed E-state index contributed by atoms with van der Waals surface area (Å²) in [6, 6.07) is 7.79. The number of hydrogen-bond acceptors (Lipinski definition) is 4. The van der Waals surface area contributed by atoms with Gasteiger partial charge in [-0.15, -0.1) is 0 Å². The molecular weight excluding hydrogens is 542 g/mol. The fourth-order valence-electron chi connectivity index (χ4n) is 3.50. The van der Waals surface area contributed by atoms with Gasteiger partial charge in [-0.25, -0.2) is 8.42 Å². The van der Waals surface area contributed by atoms with E-state index in [0.717, 1.165) is 17.2 Å². The van der Waals surface area contributed by atoms with Gasteiger partial charge in [-0.1, -0.05) is 48.3 Å². The van der Waals surface area contributed by atoms with Crippen LogP contribution in [0.15, 0.2) is 42.5 Å². The first-order chi connectivity index (χ1) is 16.7. The van der Waals surface area contributed by atoms with E-state index in [2.05, 4.69) is 5.32 Å². The number of halogens is 5. The minimum absolute atomic E-state index is 0.137. The summed E-state index contributed by atoms with van der Waals surface area (Å²) in [6.07, 6.45) is -3.84. The summed E-state index contributed by atoms with van der Waals surface area (Å²) in [5.41, 5.74) is -1.14. The molecule has 0 bridgehead atoms. The quantitative estimate of drug-likeness (QED) is 0.450. The lowest BCUT2D eigenvalue weighted by molar-refractivity contribution is -0.140. The standard InChI is InChI=1S/C23H26Cl2F3N3O4S/c1-4-19(22(33)29-5-2)30(13-15-8-6-7-9-17(15)24)21(32)14-31(36(3,34)35)20-12-16(23(26,27)28)10-11-18(20)25/h6-12,19H,4-5,13-14H2,1-3H3,(H,29,33)/t19-/m0/s1. The highest BCUT2D eigenvalue weighted by molar-refractivity contribution is 7.92. The number of amides is 2. The number of carbonyl (C=O) groups excluding carboxylic acids is 2. The zero-order chi connectivity index (χ0) is 27.3. The Balaban J connectivity index is 2.55. The van der Waals surface area contributed by atoms with Gasteiger partial charge < -0.3 is 10.2 Å². The summed E-state index contributed by atoms with van der Waals surface area (Å²) in [4.78, 5) is 27.4. The van der Waals surface area contributed by atoms with Crippen LogP contribution in [-0.4, -0.2) is 50.5 Å². The van der Waals surface area contributed by atoms with Crippen LogP contribution in [0.4, 0.5) is 18.9 Å². The fourth-order valence-corrected chi connectivity index (χ4v) is 4.82. The predicted molar refractivity (Wildman–Crippen MR) is 133 cm³/mol. The minimum atomic E-state index is -4.77. The summed E-state index contributed by atoms with van der Waals surface area (Å²) < 4.78 is 65.6. The van der Waals surface area contributed by atoms with Crippen LogP contribution >= 0.6 is 23.2 Å². The second-order valence-electron chi connectivity index (χ2n) is 7.87. The van der Waals surface area contributed by atoms with Gasteiger partial charge in [0, 0.05) is 18.1 Å². The molecule has 0 aliphatic rings. The number of carbonyl (C=O) groups is 2. The van der Waals surface area contributed by atoms with Gasteiger partial charge in [-0.05, 0) is 43.2 Å². The zero-order valence-electron chi connectivity index (χ0n) is 19.8. The Hall–Kier alpha value is -2.50. The van der Waals surface area contributed by atoms with Gasteiger partial charge >= 0.3 is 6.18 Å². The van der Waals surface area contributed by atoms with E-state index >= 15 is 0 Å². The monoisotopic (exact) mass is 567 g/mol. The number of likely N-dealkylation sites (N-methyl/N-ethyl adjacent to an activating group) is 1. The molecule has 2 amide bonds. The minimum Gasteiger partial charge on any atom is -0.355 e. The van der Waals surface area contributed by atoms with Crippen molar-refractivity contribution >= 4 is 50.7 Å². The van der Waals surface area contributed by atoms with Gasteiger partial charge in [0.25, 0.3) is 0 Å². The largest absolute Gasteiger partial charge is 0.416 e. The molecule has 0 heterocycles. The lowest BCUT2D eigenvalue weighted by Gasteiger charge is -2.33. The third kappa shape index (κ3) is 7.50. The molecule has 0 fully saturated rings. The molecule has 0 saturated heterocycles. The van der Waals surface area contributed by atoms with Gasteiger partial charge in [-0.3, -0.25) is 13.9 Å². The van der Waals surface area contributed by atoms with Crippen LogP contribution in [0.5, 0.6) is 0 Å². The number of hydrogen-bond donors (Lipinski definition) is 1. The molecule has 1 atom stereocenters. The molecule has 0 saturated carbocycles. The number of anilines is 1. The van der Waals surface area contributed by atoms with E-state index in [9.17, 15) is 31.2 Å². The van der Waals surface area contributed by atoms with Crippen molar-refractivity contribution in [3.8, 4) is 0 Å². The molecule has 2 rings (SSSR count). The number of nitrogens with zero attached hydrogens (tertiary/aromatic N) is 2. The molecular formula is C23H26Cl2F3N3O4S. The van der Waals surface area contributed by atoms with Crippen molar-refractivity contribution < 1.29 is 31.2 Å². The van der Waals surface area contributed by atoms with E-state index in [4.69, 9.17) is 23.2 Å². The maximum Gasteiger partial charge on any atom is 0.416 e. The van der Waals surface area contributed by atoms with Crippen LogP contribution < -0.4 is 9.62 Å². The normalized spacial score (nSPS) is 12.7. The molecule has 7 nitrogen and oxygen atoms in total. The van der Waals surface area contributed by atoms with Crippen LogP contribution in [0.25, 0.3) is 0 Å². The molecule has 0 aliphatic heterocycles. The molecule has 198 valence electrons. The van der Waals surface area contributed by atoms with Crippen LogP contribution in [0.2, 0.25) is 10.0 Å². The average Bonchev–Trinajstić information content (AvgIpc) is 2.77. The Morgan fingerprint density at radius 1 is 1.06 bits per heavy atom. The molecule has 13 heteroatoms. The number of rotatable bonds is 10. The number of benzene rings is 2. The molecule has 0 unspecified atom stereocenters. The van der Waals surface area contributed by atoms with Gasteiger partial charge in [-0.2, -0.15) is 13.2 Å². The first-order valence-corrected chi connectivity index (χ1v) is 13.5. The first kappa shape index (κ1) is 29.7. The van der Waals surface area contributed by atoms with Crippen LogP contribution in [0.3, 0.4) is 0 Å². The molecule has 1 N–H and O–H groups in total. The van der Waals surface area contributed by atoms with E-state index in [-0.39, 0.29) is 18.0 Å². The number of alkyl halides is 3. The molecule has 0 radical (unpaired) electrons. The first-order valence-electron chi connectivity index (χ1n) is 10.9. The van der Waals surface area contributed by atoms with Crippen molar-refractivity contribution in [1.29, 1.82) is 0 Å². The second-order valence-corrected chi connectivity index (χ2v) is 10.6. The third-order valence-electron chi connectivity index (χ3n) is 5.26. The lowest BCUT2D eigenvalue weighted by Crippen LogP contribution is -2.52. The topological polar surface area (TPSA) is 86.8 Å². The van der Waals surface area contributed by atoms with E-state index in [1.807, 2.05) is 0 Å². The summed E-state index contributed by atoms with van der Waals surface area (Å²) in [5.74, 6) is -1.30. The second kappa shape index (κ2) is 12.2. The van der Waals surface area contributed by atoms with Crippen molar-refractivity contribution in [2.45, 2.75) is 39.0 Å².